The Balaban J connectivity index is 1.44. The monoisotopic (exact) mass is 381 g/mol. The molecule has 146 valence electrons. The molecule has 1 unspecified atom stereocenters. The number of likely N-dealkylation sites (tertiary alicyclic amines) is 1. The Morgan fingerprint density at radius 3 is 3.07 bits per heavy atom. The Morgan fingerprint density at radius 2 is 2.18 bits per heavy atom. The van der Waals surface area contributed by atoms with Crippen LogP contribution in [-0.4, -0.2) is 47.3 Å². The number of nitrogens with zero attached hydrogens (tertiary/aromatic N) is 3. The number of methoxy groups -OCH3 is 1. The van der Waals surface area contributed by atoms with Crippen molar-refractivity contribution in [3.8, 4) is 5.75 Å². The Bertz CT molecular complexity index is 948. The van der Waals surface area contributed by atoms with E-state index in [9.17, 15) is 4.79 Å². The van der Waals surface area contributed by atoms with Gasteiger partial charge in [-0.3, -0.25) is 9.78 Å². The largest absolute Gasteiger partial charge is 0.483 e. The summed E-state index contributed by atoms with van der Waals surface area (Å²) >= 11 is 0. The quantitative estimate of drug-likeness (QED) is 0.651. The Hall–Kier alpha value is -2.93. The fourth-order valence-electron chi connectivity index (χ4n) is 3.60. The normalized spacial score (nSPS) is 17.0. The van der Waals surface area contributed by atoms with Gasteiger partial charge in [0.1, 0.15) is 17.9 Å². The summed E-state index contributed by atoms with van der Waals surface area (Å²) in [5.74, 6) is 1.04. The zero-order valence-electron chi connectivity index (χ0n) is 15.8. The van der Waals surface area contributed by atoms with Crippen LogP contribution in [0.25, 0.3) is 10.9 Å². The van der Waals surface area contributed by atoms with Crippen LogP contribution >= 0.6 is 0 Å². The molecule has 0 saturated carbocycles. The maximum absolute atomic E-state index is 12.8. The minimum Gasteiger partial charge on any atom is -0.483 e. The van der Waals surface area contributed by atoms with Crippen LogP contribution in [-0.2, 0) is 11.3 Å². The van der Waals surface area contributed by atoms with Crippen LogP contribution in [0, 0.1) is 0 Å². The highest BCUT2D eigenvalue weighted by molar-refractivity contribution is 5.92. The standard InChI is InChI=1S/C21H23N3O4/c1-26-13-16-8-2-3-11-24(16)21(25)18-12-17(28-23-18)14-27-19-9-4-6-15-7-5-10-22-20(15)19/h4-7,9-10,12,16H,2-3,8,11,13-14H2,1H3. The number of hydrogen-bond donors (Lipinski definition) is 0. The molecule has 3 heterocycles. The van der Waals surface area contributed by atoms with Crippen molar-refractivity contribution in [2.24, 2.45) is 0 Å². The summed E-state index contributed by atoms with van der Waals surface area (Å²) in [6.45, 7) is 1.43. The summed E-state index contributed by atoms with van der Waals surface area (Å²) < 4.78 is 16.5. The van der Waals surface area contributed by atoms with Crippen LogP contribution in [0.1, 0.15) is 35.5 Å². The summed E-state index contributed by atoms with van der Waals surface area (Å²) in [6.07, 6.45) is 4.78. The number of carbonyl (C=O) groups excluding carboxylic acids is 1. The first-order valence-corrected chi connectivity index (χ1v) is 9.48. The molecule has 1 amide bonds. The number of hydrogen-bond acceptors (Lipinski definition) is 6. The number of ether oxygens (including phenoxy) is 2. The highest BCUT2D eigenvalue weighted by Crippen LogP contribution is 2.24. The molecule has 7 nitrogen and oxygen atoms in total. The van der Waals surface area contributed by atoms with Gasteiger partial charge in [-0.2, -0.15) is 0 Å². The summed E-state index contributed by atoms with van der Waals surface area (Å²) in [4.78, 5) is 19.1. The van der Waals surface area contributed by atoms with E-state index in [-0.39, 0.29) is 18.6 Å². The van der Waals surface area contributed by atoms with Crippen LogP contribution in [0.4, 0.5) is 0 Å². The average Bonchev–Trinajstić information content (AvgIpc) is 3.21. The van der Waals surface area contributed by atoms with Crippen molar-refractivity contribution in [2.75, 3.05) is 20.3 Å². The molecular weight excluding hydrogens is 358 g/mol. The van der Waals surface area contributed by atoms with E-state index in [2.05, 4.69) is 10.1 Å². The highest BCUT2D eigenvalue weighted by Gasteiger charge is 2.29. The van der Waals surface area contributed by atoms with Crippen molar-refractivity contribution in [1.82, 2.24) is 15.0 Å². The lowest BCUT2D eigenvalue weighted by atomic mass is 10.0. The molecule has 1 aromatic carbocycles. The van der Waals surface area contributed by atoms with Crippen LogP contribution in [0.15, 0.2) is 47.1 Å². The molecule has 7 heteroatoms. The third-order valence-electron chi connectivity index (χ3n) is 4.99. The van der Waals surface area contributed by atoms with Crippen molar-refractivity contribution >= 4 is 16.8 Å². The van der Waals surface area contributed by atoms with Gasteiger partial charge >= 0.3 is 0 Å². The van der Waals surface area contributed by atoms with Gasteiger partial charge in [0.25, 0.3) is 5.91 Å². The number of rotatable bonds is 6. The topological polar surface area (TPSA) is 77.7 Å². The van der Waals surface area contributed by atoms with Gasteiger partial charge < -0.3 is 18.9 Å². The van der Waals surface area contributed by atoms with E-state index in [1.165, 1.54) is 0 Å². The zero-order valence-corrected chi connectivity index (χ0v) is 15.8. The van der Waals surface area contributed by atoms with Crippen molar-refractivity contribution in [2.45, 2.75) is 31.9 Å². The van der Waals surface area contributed by atoms with Crippen LogP contribution < -0.4 is 4.74 Å². The van der Waals surface area contributed by atoms with Crippen LogP contribution in [0.5, 0.6) is 5.75 Å². The molecule has 0 aliphatic carbocycles. The molecule has 2 aromatic heterocycles. The molecule has 0 bridgehead atoms. The predicted octanol–water partition coefficient (Wildman–Crippen LogP) is 3.44. The van der Waals surface area contributed by atoms with E-state index in [1.807, 2.05) is 35.2 Å². The lowest BCUT2D eigenvalue weighted by Gasteiger charge is -2.34. The van der Waals surface area contributed by atoms with Gasteiger partial charge in [0.15, 0.2) is 11.5 Å². The zero-order chi connectivity index (χ0) is 19.3. The summed E-state index contributed by atoms with van der Waals surface area (Å²) in [7, 11) is 1.66. The molecule has 0 N–H and O–H groups in total. The van der Waals surface area contributed by atoms with E-state index in [4.69, 9.17) is 14.0 Å². The van der Waals surface area contributed by atoms with E-state index in [0.717, 1.165) is 30.2 Å². The molecule has 28 heavy (non-hydrogen) atoms. The second-order valence-electron chi connectivity index (χ2n) is 6.90. The summed E-state index contributed by atoms with van der Waals surface area (Å²) in [6, 6.07) is 11.4. The first kappa shape index (κ1) is 18.4. The molecule has 1 aliphatic rings. The third-order valence-corrected chi connectivity index (χ3v) is 4.99. The Kier molecular flexibility index (Phi) is 5.53. The number of pyridine rings is 1. The maximum Gasteiger partial charge on any atom is 0.276 e. The van der Waals surface area contributed by atoms with Crippen LogP contribution in [0.3, 0.4) is 0 Å². The third kappa shape index (κ3) is 3.84. The minimum absolute atomic E-state index is 0.0874. The molecule has 4 rings (SSSR count). The number of para-hydroxylation sites is 1. The van der Waals surface area contributed by atoms with E-state index >= 15 is 0 Å². The van der Waals surface area contributed by atoms with Gasteiger partial charge in [0.05, 0.1) is 12.6 Å². The van der Waals surface area contributed by atoms with E-state index in [0.29, 0.717) is 30.4 Å². The maximum atomic E-state index is 12.8. The fourth-order valence-corrected chi connectivity index (χ4v) is 3.60. The van der Waals surface area contributed by atoms with E-state index in [1.54, 1.807) is 19.4 Å². The summed E-state index contributed by atoms with van der Waals surface area (Å²) in [5.41, 5.74) is 1.09. The number of piperidine rings is 1. The molecule has 1 aliphatic heterocycles. The lowest BCUT2D eigenvalue weighted by Crippen LogP contribution is -2.46. The van der Waals surface area contributed by atoms with Gasteiger partial charge in [-0.05, 0) is 31.4 Å². The van der Waals surface area contributed by atoms with Gasteiger partial charge in [0.2, 0.25) is 0 Å². The van der Waals surface area contributed by atoms with Gasteiger partial charge in [0, 0.05) is 31.3 Å². The van der Waals surface area contributed by atoms with E-state index < -0.39 is 0 Å². The van der Waals surface area contributed by atoms with Crippen molar-refractivity contribution in [3.05, 3.63) is 54.0 Å². The first-order chi connectivity index (χ1) is 13.8. The van der Waals surface area contributed by atoms with Crippen molar-refractivity contribution in [3.63, 3.8) is 0 Å². The smallest absolute Gasteiger partial charge is 0.276 e. The molecular formula is C21H23N3O4. The van der Waals surface area contributed by atoms with Crippen LogP contribution in [0.2, 0.25) is 0 Å². The fraction of sp³-hybridized carbons (Fsp3) is 0.381. The first-order valence-electron chi connectivity index (χ1n) is 9.48. The summed E-state index contributed by atoms with van der Waals surface area (Å²) in [5, 5.41) is 4.96. The van der Waals surface area contributed by atoms with Crippen molar-refractivity contribution in [1.29, 1.82) is 0 Å². The second-order valence-corrected chi connectivity index (χ2v) is 6.90. The Morgan fingerprint density at radius 1 is 1.29 bits per heavy atom. The molecule has 0 radical (unpaired) electrons. The molecule has 1 saturated heterocycles. The van der Waals surface area contributed by atoms with Gasteiger partial charge in [-0.15, -0.1) is 0 Å². The van der Waals surface area contributed by atoms with Gasteiger partial charge in [-0.1, -0.05) is 23.4 Å². The number of fused-ring (bicyclic) bond motifs is 1. The molecule has 1 atom stereocenters. The number of benzene rings is 1. The number of amides is 1. The molecule has 0 spiro atoms. The SMILES string of the molecule is COCC1CCCCN1C(=O)c1cc(COc2cccc3cccnc23)on1. The lowest BCUT2D eigenvalue weighted by molar-refractivity contribution is 0.0419. The Labute approximate surface area is 163 Å². The molecule has 3 aromatic rings. The number of carbonyl (C=O) groups is 1. The molecule has 1 fully saturated rings. The minimum atomic E-state index is -0.122. The highest BCUT2D eigenvalue weighted by atomic mass is 16.5. The second kappa shape index (κ2) is 8.39. The average molecular weight is 381 g/mol. The van der Waals surface area contributed by atoms with Crippen molar-refractivity contribution < 1.29 is 18.8 Å². The van der Waals surface area contributed by atoms with Gasteiger partial charge in [-0.25, -0.2) is 0 Å². The number of aromatic nitrogens is 2. The predicted molar refractivity (Wildman–Crippen MR) is 103 cm³/mol.